The second-order valence-electron chi connectivity index (χ2n) is 8.10. The molecule has 1 atom stereocenters. The molecule has 0 saturated heterocycles. The van der Waals surface area contributed by atoms with Crippen molar-refractivity contribution in [1.82, 2.24) is 0 Å². The van der Waals surface area contributed by atoms with Crippen molar-refractivity contribution in [2.45, 2.75) is 59.3 Å². The smallest absolute Gasteiger partial charge is 0.367 e. The first-order valence-corrected chi connectivity index (χ1v) is 12.5. The third-order valence-corrected chi connectivity index (χ3v) is 7.36. The maximum absolute atomic E-state index is 12.7. The first kappa shape index (κ1) is 22.9. The van der Waals surface area contributed by atoms with Crippen molar-refractivity contribution >= 4 is 7.60 Å². The van der Waals surface area contributed by atoms with E-state index in [1.54, 1.807) is 13.8 Å². The van der Waals surface area contributed by atoms with Crippen LogP contribution >= 0.6 is 7.60 Å². The summed E-state index contributed by atoms with van der Waals surface area (Å²) >= 11 is 0. The number of hydrogen-bond acceptors (Lipinski definition) is 5. The van der Waals surface area contributed by atoms with Gasteiger partial charge in [-0.3, -0.25) is 4.57 Å². The van der Waals surface area contributed by atoms with Gasteiger partial charge in [-0.25, -0.2) is 0 Å². The summed E-state index contributed by atoms with van der Waals surface area (Å²) in [5.41, 5.74) is 5.98. The summed E-state index contributed by atoms with van der Waals surface area (Å²) in [5, 5.41) is 10.2. The van der Waals surface area contributed by atoms with E-state index in [2.05, 4.69) is 26.8 Å². The van der Waals surface area contributed by atoms with Crippen molar-refractivity contribution in [3.8, 4) is 11.5 Å². The molecular weight excluding hydrogens is 399 g/mol. The lowest BCUT2D eigenvalue weighted by Gasteiger charge is -2.20. The Hall–Kier alpha value is -1.81. The van der Waals surface area contributed by atoms with Crippen molar-refractivity contribution in [3.63, 3.8) is 0 Å². The monoisotopic (exact) mass is 432 g/mol. The summed E-state index contributed by atoms with van der Waals surface area (Å²) < 4.78 is 29.1. The maximum Gasteiger partial charge on any atom is 0.367 e. The Kier molecular flexibility index (Phi) is 7.28. The molecule has 6 heteroatoms. The molecule has 3 rings (SSSR count). The molecule has 5 nitrogen and oxygen atoms in total. The van der Waals surface area contributed by atoms with Gasteiger partial charge in [0, 0.05) is 5.92 Å². The number of phenols is 1. The van der Waals surface area contributed by atoms with Crippen LogP contribution in [0.5, 0.6) is 11.5 Å². The summed E-state index contributed by atoms with van der Waals surface area (Å²) in [6.07, 6.45) is 1.90. The number of ether oxygens (including phenoxy) is 1. The Morgan fingerprint density at radius 2 is 1.83 bits per heavy atom. The van der Waals surface area contributed by atoms with Crippen molar-refractivity contribution < 1.29 is 23.5 Å². The lowest BCUT2D eigenvalue weighted by atomic mass is 9.87. The van der Waals surface area contributed by atoms with Crippen LogP contribution in [0.2, 0.25) is 0 Å². The molecule has 0 bridgehead atoms. The van der Waals surface area contributed by atoms with Gasteiger partial charge in [-0.15, -0.1) is 0 Å². The van der Waals surface area contributed by atoms with Gasteiger partial charge in [0.25, 0.3) is 0 Å². The summed E-state index contributed by atoms with van der Waals surface area (Å²) in [4.78, 5) is 0. The maximum atomic E-state index is 12.7. The van der Waals surface area contributed by atoms with Gasteiger partial charge < -0.3 is 18.9 Å². The standard InChI is InChI=1S/C24H33O5P/c1-6-28-30(26,29-7-2)15-27-20-12-17(5)24-19(13-20)8-10-21(24)18-9-11-23(25)22(14-18)16(3)4/h9,11-14,16,21,25H,6-8,10,15H2,1-5H3. The van der Waals surface area contributed by atoms with Gasteiger partial charge in [-0.05, 0) is 85.5 Å². The van der Waals surface area contributed by atoms with Gasteiger partial charge in [0.05, 0.1) is 13.2 Å². The number of fused-ring (bicyclic) bond motifs is 1. The third-order valence-electron chi connectivity index (χ3n) is 5.61. The second kappa shape index (κ2) is 9.55. The zero-order chi connectivity index (χ0) is 21.9. The predicted molar refractivity (Wildman–Crippen MR) is 120 cm³/mol. The number of aryl methyl sites for hydroxylation is 2. The number of phenolic OH excluding ortho intramolecular Hbond substituents is 1. The van der Waals surface area contributed by atoms with E-state index >= 15 is 0 Å². The van der Waals surface area contributed by atoms with Crippen LogP contribution in [0.1, 0.15) is 73.8 Å². The van der Waals surface area contributed by atoms with Crippen LogP contribution in [0.3, 0.4) is 0 Å². The van der Waals surface area contributed by atoms with Gasteiger partial charge >= 0.3 is 7.60 Å². The average Bonchev–Trinajstić information content (AvgIpc) is 3.12. The highest BCUT2D eigenvalue weighted by Gasteiger charge is 2.29. The molecule has 30 heavy (non-hydrogen) atoms. The van der Waals surface area contributed by atoms with Crippen LogP contribution in [0, 0.1) is 6.92 Å². The number of hydrogen-bond donors (Lipinski definition) is 1. The van der Waals surface area contributed by atoms with Crippen molar-refractivity contribution in [1.29, 1.82) is 0 Å². The van der Waals surface area contributed by atoms with Gasteiger partial charge in [-0.1, -0.05) is 26.0 Å². The molecule has 0 radical (unpaired) electrons. The molecule has 0 fully saturated rings. The molecule has 1 aliphatic carbocycles. The first-order valence-electron chi connectivity index (χ1n) is 10.7. The molecular formula is C24H33O5P. The van der Waals surface area contributed by atoms with E-state index in [1.807, 2.05) is 24.3 Å². The highest BCUT2D eigenvalue weighted by Crippen LogP contribution is 2.49. The van der Waals surface area contributed by atoms with E-state index in [1.165, 1.54) is 16.7 Å². The average molecular weight is 432 g/mol. The van der Waals surface area contributed by atoms with Gasteiger partial charge in [0.2, 0.25) is 0 Å². The molecule has 0 amide bonds. The number of benzene rings is 2. The number of rotatable bonds is 9. The second-order valence-corrected chi connectivity index (χ2v) is 10.1. The van der Waals surface area contributed by atoms with Crippen molar-refractivity contribution in [2.24, 2.45) is 0 Å². The third kappa shape index (κ3) is 4.91. The fourth-order valence-corrected chi connectivity index (χ4v) is 5.63. The quantitative estimate of drug-likeness (QED) is 0.458. The highest BCUT2D eigenvalue weighted by atomic mass is 31.2. The molecule has 1 N–H and O–H groups in total. The summed E-state index contributed by atoms with van der Waals surface area (Å²) in [6.45, 7) is 10.5. The van der Waals surface area contributed by atoms with E-state index in [4.69, 9.17) is 13.8 Å². The minimum absolute atomic E-state index is 0.0912. The molecule has 0 aliphatic heterocycles. The Bertz CT molecular complexity index is 927. The van der Waals surface area contributed by atoms with E-state index in [-0.39, 0.29) is 12.3 Å². The largest absolute Gasteiger partial charge is 0.508 e. The van der Waals surface area contributed by atoms with Crippen LogP contribution in [-0.2, 0) is 20.0 Å². The molecule has 0 aromatic heterocycles. The van der Waals surface area contributed by atoms with Crippen molar-refractivity contribution in [3.05, 3.63) is 58.1 Å². The highest BCUT2D eigenvalue weighted by molar-refractivity contribution is 7.53. The van der Waals surface area contributed by atoms with Crippen LogP contribution in [0.15, 0.2) is 30.3 Å². The minimum atomic E-state index is -3.25. The molecule has 1 aliphatic rings. The topological polar surface area (TPSA) is 65.0 Å². The van der Waals surface area contributed by atoms with E-state index in [9.17, 15) is 9.67 Å². The minimum Gasteiger partial charge on any atom is -0.508 e. The fourth-order valence-electron chi connectivity index (χ4n) is 4.31. The molecule has 0 spiro atoms. The van der Waals surface area contributed by atoms with E-state index in [0.29, 0.717) is 30.6 Å². The molecule has 0 heterocycles. The zero-order valence-electron chi connectivity index (χ0n) is 18.6. The molecule has 0 saturated carbocycles. The predicted octanol–water partition coefficient (Wildman–Crippen LogP) is 6.50. The summed E-state index contributed by atoms with van der Waals surface area (Å²) in [7, 11) is -3.25. The molecule has 2 aromatic rings. The van der Waals surface area contributed by atoms with Crippen LogP contribution in [0.4, 0.5) is 0 Å². The zero-order valence-corrected chi connectivity index (χ0v) is 19.5. The van der Waals surface area contributed by atoms with Crippen molar-refractivity contribution in [2.75, 3.05) is 19.6 Å². The van der Waals surface area contributed by atoms with E-state index < -0.39 is 7.60 Å². The Labute approximate surface area is 179 Å². The lowest BCUT2D eigenvalue weighted by Crippen LogP contribution is -2.06. The first-order chi connectivity index (χ1) is 14.3. The van der Waals surface area contributed by atoms with Crippen LogP contribution in [-0.4, -0.2) is 24.7 Å². The lowest BCUT2D eigenvalue weighted by molar-refractivity contribution is 0.197. The van der Waals surface area contributed by atoms with Gasteiger partial charge in [0.15, 0.2) is 6.35 Å². The van der Waals surface area contributed by atoms with Gasteiger partial charge in [0.1, 0.15) is 11.5 Å². The van der Waals surface area contributed by atoms with Crippen LogP contribution in [0.25, 0.3) is 0 Å². The molecule has 1 unspecified atom stereocenters. The number of aromatic hydroxyl groups is 1. The molecule has 164 valence electrons. The fraction of sp³-hybridized carbons (Fsp3) is 0.500. The normalized spacial score (nSPS) is 16.1. The Morgan fingerprint density at radius 3 is 2.47 bits per heavy atom. The summed E-state index contributed by atoms with van der Waals surface area (Å²) in [5.74, 6) is 1.64. The SMILES string of the molecule is CCOP(=O)(COc1cc(C)c2c(c1)CCC2c1ccc(O)c(C(C)C)c1)OCC. The van der Waals surface area contributed by atoms with Gasteiger partial charge in [-0.2, -0.15) is 0 Å². The summed E-state index contributed by atoms with van der Waals surface area (Å²) in [6, 6.07) is 10.0. The molecule has 2 aromatic carbocycles. The Balaban J connectivity index is 1.84. The van der Waals surface area contributed by atoms with E-state index in [0.717, 1.165) is 24.0 Å². The van der Waals surface area contributed by atoms with Crippen LogP contribution < -0.4 is 4.74 Å². The Morgan fingerprint density at radius 1 is 1.13 bits per heavy atom.